The Hall–Kier alpha value is -1.11. The van der Waals surface area contributed by atoms with Crippen LogP contribution in [0.25, 0.3) is 0 Å². The van der Waals surface area contributed by atoms with Crippen LogP contribution in [0.2, 0.25) is 0 Å². The number of piperidine rings is 1. The molecule has 2 fully saturated rings. The van der Waals surface area contributed by atoms with Gasteiger partial charge in [-0.05, 0) is 59.7 Å². The summed E-state index contributed by atoms with van der Waals surface area (Å²) in [5.41, 5.74) is 0.761. The van der Waals surface area contributed by atoms with E-state index in [0.29, 0.717) is 6.42 Å². The third kappa shape index (κ3) is 2.35. The zero-order valence-electron chi connectivity index (χ0n) is 10.5. The number of benzene rings is 1. The largest absolute Gasteiger partial charge is 0.371 e. The van der Waals surface area contributed by atoms with Crippen molar-refractivity contribution in [2.75, 3.05) is 18.0 Å². The normalized spacial score (nSPS) is 21.8. The fourth-order valence-corrected chi connectivity index (χ4v) is 3.30. The summed E-state index contributed by atoms with van der Waals surface area (Å²) in [6, 6.07) is 8.40. The minimum atomic E-state index is -0.434. The maximum Gasteiger partial charge on any atom is 0.233 e. The van der Waals surface area contributed by atoms with E-state index in [4.69, 9.17) is 0 Å². The van der Waals surface area contributed by atoms with E-state index in [9.17, 15) is 9.59 Å². The van der Waals surface area contributed by atoms with Gasteiger partial charge in [-0.2, -0.15) is 0 Å². The van der Waals surface area contributed by atoms with Crippen molar-refractivity contribution in [3.8, 4) is 0 Å². The number of carbonyl (C=O) groups is 2. The summed E-state index contributed by atoms with van der Waals surface area (Å²) in [5, 5.41) is 2.44. The lowest BCUT2D eigenvalue weighted by atomic mass is 9.77. The van der Waals surface area contributed by atoms with Crippen LogP contribution in [-0.4, -0.2) is 24.9 Å². The smallest absolute Gasteiger partial charge is 0.233 e. The Kier molecular flexibility index (Phi) is 3.24. The highest BCUT2D eigenvalue weighted by atomic mass is 127. The number of imide groups is 1. The zero-order valence-corrected chi connectivity index (χ0v) is 12.6. The molecule has 2 amide bonds. The van der Waals surface area contributed by atoms with Crippen LogP contribution in [-0.2, 0) is 9.59 Å². The lowest BCUT2D eigenvalue weighted by Gasteiger charge is -2.38. The third-order valence-corrected chi connectivity index (χ3v) is 4.87. The Morgan fingerprint density at radius 1 is 1.11 bits per heavy atom. The van der Waals surface area contributed by atoms with Crippen LogP contribution in [0.3, 0.4) is 0 Å². The molecule has 0 unspecified atom stereocenters. The molecular formula is C14H15IN2O2. The molecule has 2 heterocycles. The van der Waals surface area contributed by atoms with Crippen LogP contribution in [0.4, 0.5) is 5.69 Å². The van der Waals surface area contributed by atoms with Gasteiger partial charge in [0, 0.05) is 28.8 Å². The molecule has 0 aliphatic carbocycles. The van der Waals surface area contributed by atoms with Gasteiger partial charge in [0.15, 0.2) is 0 Å². The Labute approximate surface area is 125 Å². The predicted octanol–water partition coefficient (Wildman–Crippen LogP) is 1.92. The van der Waals surface area contributed by atoms with Gasteiger partial charge in [-0.15, -0.1) is 0 Å². The van der Waals surface area contributed by atoms with Crippen molar-refractivity contribution in [2.24, 2.45) is 5.41 Å². The maximum atomic E-state index is 11.9. The fraction of sp³-hybridized carbons (Fsp3) is 0.429. The minimum absolute atomic E-state index is 0.0697. The molecule has 1 N–H and O–H groups in total. The topological polar surface area (TPSA) is 49.4 Å². The quantitative estimate of drug-likeness (QED) is 0.607. The first-order valence-corrected chi connectivity index (χ1v) is 7.52. The lowest BCUT2D eigenvalue weighted by Crippen LogP contribution is -2.43. The summed E-state index contributed by atoms with van der Waals surface area (Å²) in [6.45, 7) is 1.67. The molecule has 0 radical (unpaired) electrons. The Morgan fingerprint density at radius 3 is 2.26 bits per heavy atom. The number of carbonyl (C=O) groups excluding carboxylic acids is 2. The highest BCUT2D eigenvalue weighted by Gasteiger charge is 2.48. The monoisotopic (exact) mass is 370 g/mol. The summed E-state index contributed by atoms with van der Waals surface area (Å²) >= 11 is 2.29. The number of hydrogen-bond acceptors (Lipinski definition) is 3. The molecule has 1 spiro atoms. The molecule has 1 aromatic rings. The van der Waals surface area contributed by atoms with Crippen LogP contribution < -0.4 is 10.2 Å². The summed E-state index contributed by atoms with van der Waals surface area (Å²) in [5.74, 6) is -0.188. The van der Waals surface area contributed by atoms with Gasteiger partial charge in [0.25, 0.3) is 0 Å². The van der Waals surface area contributed by atoms with Gasteiger partial charge < -0.3 is 4.90 Å². The molecule has 3 rings (SSSR count). The van der Waals surface area contributed by atoms with Gasteiger partial charge in [-0.25, -0.2) is 0 Å². The molecule has 2 saturated heterocycles. The van der Waals surface area contributed by atoms with Gasteiger partial charge in [-0.1, -0.05) is 0 Å². The first kappa shape index (κ1) is 12.9. The van der Waals surface area contributed by atoms with Crippen LogP contribution in [0.1, 0.15) is 19.3 Å². The van der Waals surface area contributed by atoms with Crippen molar-refractivity contribution in [2.45, 2.75) is 19.3 Å². The first-order chi connectivity index (χ1) is 9.09. The number of nitrogens with one attached hydrogen (secondary N) is 1. The second kappa shape index (κ2) is 4.77. The zero-order chi connectivity index (χ0) is 13.5. The fourth-order valence-electron chi connectivity index (χ4n) is 2.94. The number of hydrogen-bond donors (Lipinski definition) is 1. The Bertz CT molecular complexity index is 519. The second-order valence-corrected chi connectivity index (χ2v) is 6.54. The summed E-state index contributed by atoms with van der Waals surface area (Å²) in [4.78, 5) is 25.6. The molecule has 0 aromatic heterocycles. The minimum Gasteiger partial charge on any atom is -0.371 e. The molecule has 19 heavy (non-hydrogen) atoms. The van der Waals surface area contributed by atoms with E-state index in [2.05, 4.69) is 57.1 Å². The lowest BCUT2D eigenvalue weighted by molar-refractivity contribution is -0.129. The summed E-state index contributed by atoms with van der Waals surface area (Å²) in [7, 11) is 0. The molecule has 0 bridgehead atoms. The highest BCUT2D eigenvalue weighted by Crippen LogP contribution is 2.39. The van der Waals surface area contributed by atoms with E-state index >= 15 is 0 Å². The van der Waals surface area contributed by atoms with Gasteiger partial charge in [0.2, 0.25) is 11.8 Å². The molecule has 2 aliphatic heterocycles. The molecular weight excluding hydrogens is 355 g/mol. The van der Waals surface area contributed by atoms with Crippen molar-refractivity contribution >= 4 is 40.1 Å². The molecule has 100 valence electrons. The third-order valence-electron chi connectivity index (χ3n) is 4.15. The predicted molar refractivity (Wildman–Crippen MR) is 80.8 cm³/mol. The maximum absolute atomic E-state index is 11.9. The SMILES string of the molecule is O=C1CC2(CCN(c3ccc(I)cc3)CC2)C(=O)N1. The van der Waals surface area contributed by atoms with E-state index in [1.54, 1.807) is 0 Å². The first-order valence-electron chi connectivity index (χ1n) is 6.44. The number of anilines is 1. The van der Waals surface area contributed by atoms with Gasteiger partial charge >= 0.3 is 0 Å². The van der Waals surface area contributed by atoms with Crippen molar-refractivity contribution in [3.63, 3.8) is 0 Å². The molecule has 0 saturated carbocycles. The average Bonchev–Trinajstić information content (AvgIpc) is 2.66. The Morgan fingerprint density at radius 2 is 1.74 bits per heavy atom. The number of nitrogens with zero attached hydrogens (tertiary/aromatic N) is 1. The number of amides is 2. The van der Waals surface area contributed by atoms with Gasteiger partial charge in [0.05, 0.1) is 5.41 Å². The van der Waals surface area contributed by atoms with Crippen LogP contribution >= 0.6 is 22.6 Å². The average molecular weight is 370 g/mol. The van der Waals surface area contributed by atoms with E-state index in [-0.39, 0.29) is 11.8 Å². The molecule has 5 heteroatoms. The van der Waals surface area contributed by atoms with E-state index in [0.717, 1.165) is 25.9 Å². The molecule has 2 aliphatic rings. The van der Waals surface area contributed by atoms with Crippen molar-refractivity contribution in [1.82, 2.24) is 5.32 Å². The van der Waals surface area contributed by atoms with Crippen LogP contribution in [0, 0.1) is 8.99 Å². The van der Waals surface area contributed by atoms with Crippen molar-refractivity contribution < 1.29 is 9.59 Å². The standard InChI is InChI=1S/C14H15IN2O2/c15-10-1-3-11(4-2-10)17-7-5-14(6-8-17)9-12(18)16-13(14)19/h1-4H,5-9H2,(H,16,18,19). The highest BCUT2D eigenvalue weighted by molar-refractivity contribution is 14.1. The van der Waals surface area contributed by atoms with Crippen molar-refractivity contribution in [1.29, 1.82) is 0 Å². The second-order valence-electron chi connectivity index (χ2n) is 5.30. The summed E-state index contributed by atoms with van der Waals surface area (Å²) in [6.07, 6.45) is 1.89. The van der Waals surface area contributed by atoms with E-state index in [1.165, 1.54) is 9.26 Å². The molecule has 4 nitrogen and oxygen atoms in total. The number of halogens is 1. The van der Waals surface area contributed by atoms with Crippen LogP contribution in [0.15, 0.2) is 24.3 Å². The summed E-state index contributed by atoms with van der Waals surface area (Å²) < 4.78 is 1.22. The molecule has 1 aromatic carbocycles. The van der Waals surface area contributed by atoms with Gasteiger partial charge in [-0.3, -0.25) is 14.9 Å². The number of rotatable bonds is 1. The van der Waals surface area contributed by atoms with E-state index in [1.807, 2.05) is 0 Å². The van der Waals surface area contributed by atoms with E-state index < -0.39 is 5.41 Å². The Balaban J connectivity index is 1.71. The van der Waals surface area contributed by atoms with Crippen molar-refractivity contribution in [3.05, 3.63) is 27.8 Å². The molecule has 0 atom stereocenters. The van der Waals surface area contributed by atoms with Crippen LogP contribution in [0.5, 0.6) is 0 Å². The van der Waals surface area contributed by atoms with Gasteiger partial charge in [0.1, 0.15) is 0 Å².